The van der Waals surface area contributed by atoms with E-state index in [9.17, 15) is 4.79 Å². The average Bonchev–Trinajstić information content (AvgIpc) is 2.31. The zero-order chi connectivity index (χ0) is 13.9. The zero-order valence-corrected chi connectivity index (χ0v) is 12.6. The molecule has 3 N–H and O–H groups in total. The number of nitrogens with one attached hydrogen (secondary N) is 1. The summed E-state index contributed by atoms with van der Waals surface area (Å²) in [6.07, 6.45) is 1.62. The van der Waals surface area contributed by atoms with E-state index in [-0.39, 0.29) is 16.9 Å². The summed E-state index contributed by atoms with van der Waals surface area (Å²) in [4.78, 5) is 14.9. The number of hydrogen-bond acceptors (Lipinski definition) is 3. The van der Waals surface area contributed by atoms with Gasteiger partial charge in [-0.3, -0.25) is 4.79 Å². The maximum Gasteiger partial charge on any atom is 0.232 e. The highest BCUT2D eigenvalue weighted by Gasteiger charge is 2.37. The number of piperidine rings is 1. The van der Waals surface area contributed by atoms with Crippen molar-refractivity contribution >= 4 is 23.1 Å². The summed E-state index contributed by atoms with van der Waals surface area (Å²) in [6.45, 7) is 7.97. The lowest BCUT2D eigenvalue weighted by atomic mass is 9.85. The molecule has 0 aromatic carbocycles. The van der Waals surface area contributed by atoms with E-state index in [1.54, 1.807) is 0 Å². The van der Waals surface area contributed by atoms with E-state index in [2.05, 4.69) is 24.2 Å². The second kappa shape index (κ2) is 5.97. The van der Waals surface area contributed by atoms with E-state index < -0.39 is 5.41 Å². The Balaban J connectivity index is 2.67. The molecule has 0 aliphatic carbocycles. The van der Waals surface area contributed by atoms with Gasteiger partial charge in [-0.15, -0.1) is 0 Å². The lowest BCUT2D eigenvalue weighted by Gasteiger charge is -2.37. The standard InChI is InChI=1S/C13H25N3OS/c1-5-13(3,11(14)18)12(17)15-10-6-7-16(4)8-9(10)2/h9-10H,5-8H2,1-4H3,(H2,14,18)(H,15,17). The van der Waals surface area contributed by atoms with E-state index in [0.29, 0.717) is 12.3 Å². The molecule has 4 nitrogen and oxygen atoms in total. The molecule has 3 atom stereocenters. The molecule has 104 valence electrons. The molecule has 0 aromatic heterocycles. The summed E-state index contributed by atoms with van der Waals surface area (Å²) in [7, 11) is 2.11. The zero-order valence-electron chi connectivity index (χ0n) is 11.8. The van der Waals surface area contributed by atoms with Crippen LogP contribution in [0.15, 0.2) is 0 Å². The van der Waals surface area contributed by atoms with Gasteiger partial charge >= 0.3 is 0 Å². The van der Waals surface area contributed by atoms with Crippen LogP contribution < -0.4 is 11.1 Å². The molecule has 1 aliphatic heterocycles. The van der Waals surface area contributed by atoms with Crippen LogP contribution in [0, 0.1) is 11.3 Å². The first kappa shape index (κ1) is 15.4. The van der Waals surface area contributed by atoms with Crippen molar-refractivity contribution < 1.29 is 4.79 Å². The van der Waals surface area contributed by atoms with Crippen LogP contribution in [0.25, 0.3) is 0 Å². The molecule has 1 rings (SSSR count). The van der Waals surface area contributed by atoms with E-state index in [1.165, 1.54) is 0 Å². The van der Waals surface area contributed by atoms with Crippen LogP contribution in [-0.4, -0.2) is 42.0 Å². The minimum absolute atomic E-state index is 0.0288. The van der Waals surface area contributed by atoms with Gasteiger partial charge in [0, 0.05) is 12.6 Å². The number of hydrogen-bond donors (Lipinski definition) is 2. The van der Waals surface area contributed by atoms with Gasteiger partial charge < -0.3 is 16.0 Å². The molecule has 1 aliphatic rings. The molecule has 5 heteroatoms. The highest BCUT2D eigenvalue weighted by molar-refractivity contribution is 7.80. The van der Waals surface area contributed by atoms with Crippen molar-refractivity contribution in [2.75, 3.05) is 20.1 Å². The number of carbonyl (C=O) groups excluding carboxylic acids is 1. The summed E-state index contributed by atoms with van der Waals surface area (Å²) < 4.78 is 0. The normalized spacial score (nSPS) is 28.4. The van der Waals surface area contributed by atoms with Crippen LogP contribution in [0.2, 0.25) is 0 Å². The topological polar surface area (TPSA) is 58.4 Å². The smallest absolute Gasteiger partial charge is 0.232 e. The quantitative estimate of drug-likeness (QED) is 0.753. The lowest BCUT2D eigenvalue weighted by molar-refractivity contribution is -0.128. The van der Waals surface area contributed by atoms with Gasteiger partial charge in [0.15, 0.2) is 0 Å². The molecule has 0 saturated carbocycles. The van der Waals surface area contributed by atoms with Gasteiger partial charge in [0.05, 0.1) is 10.4 Å². The first-order valence-corrected chi connectivity index (χ1v) is 7.01. The van der Waals surface area contributed by atoms with E-state index in [1.807, 2.05) is 13.8 Å². The van der Waals surface area contributed by atoms with Crippen molar-refractivity contribution in [3.63, 3.8) is 0 Å². The highest BCUT2D eigenvalue weighted by Crippen LogP contribution is 2.24. The Morgan fingerprint density at radius 3 is 2.67 bits per heavy atom. The number of rotatable bonds is 4. The molecular formula is C13H25N3OS. The largest absolute Gasteiger partial charge is 0.392 e. The molecule has 3 unspecified atom stereocenters. The predicted octanol–water partition coefficient (Wildman–Crippen LogP) is 1.15. The fourth-order valence-electron chi connectivity index (χ4n) is 2.34. The Hall–Kier alpha value is -0.680. The third-order valence-corrected chi connectivity index (χ3v) is 4.63. The second-order valence-electron chi connectivity index (χ2n) is 5.66. The molecule has 0 spiro atoms. The number of amides is 1. The van der Waals surface area contributed by atoms with Crippen molar-refractivity contribution in [3.8, 4) is 0 Å². The summed E-state index contributed by atoms with van der Waals surface area (Å²) in [5.41, 5.74) is 4.98. The highest BCUT2D eigenvalue weighted by atomic mass is 32.1. The maximum absolute atomic E-state index is 12.3. The fraction of sp³-hybridized carbons (Fsp3) is 0.846. The van der Waals surface area contributed by atoms with Gasteiger partial charge in [-0.25, -0.2) is 0 Å². The summed E-state index contributed by atoms with van der Waals surface area (Å²) in [5.74, 6) is 0.430. The van der Waals surface area contributed by atoms with E-state index in [4.69, 9.17) is 18.0 Å². The van der Waals surface area contributed by atoms with Gasteiger partial charge in [-0.05, 0) is 39.3 Å². The van der Waals surface area contributed by atoms with Crippen molar-refractivity contribution in [1.29, 1.82) is 0 Å². The first-order chi connectivity index (χ1) is 8.31. The maximum atomic E-state index is 12.3. The average molecular weight is 271 g/mol. The molecule has 1 fully saturated rings. The monoisotopic (exact) mass is 271 g/mol. The third-order valence-electron chi connectivity index (χ3n) is 4.18. The van der Waals surface area contributed by atoms with Crippen molar-refractivity contribution in [3.05, 3.63) is 0 Å². The fourth-order valence-corrected chi connectivity index (χ4v) is 2.58. The summed E-state index contributed by atoms with van der Waals surface area (Å²) >= 11 is 5.03. The number of thiocarbonyl (C=S) groups is 1. The molecule has 0 radical (unpaired) electrons. The van der Waals surface area contributed by atoms with E-state index in [0.717, 1.165) is 19.5 Å². The van der Waals surface area contributed by atoms with Crippen molar-refractivity contribution in [2.24, 2.45) is 17.1 Å². The third kappa shape index (κ3) is 3.20. The van der Waals surface area contributed by atoms with Gasteiger partial charge in [0.25, 0.3) is 0 Å². The van der Waals surface area contributed by atoms with Crippen molar-refractivity contribution in [1.82, 2.24) is 10.2 Å². The first-order valence-electron chi connectivity index (χ1n) is 6.60. The molecule has 1 saturated heterocycles. The Kier molecular flexibility index (Phi) is 5.10. The van der Waals surface area contributed by atoms with Crippen molar-refractivity contribution in [2.45, 2.75) is 39.7 Å². The van der Waals surface area contributed by atoms with Gasteiger partial charge in [-0.1, -0.05) is 26.1 Å². The van der Waals surface area contributed by atoms with Crippen LogP contribution in [-0.2, 0) is 4.79 Å². The molecular weight excluding hydrogens is 246 g/mol. The van der Waals surface area contributed by atoms with Crippen LogP contribution in [0.4, 0.5) is 0 Å². The second-order valence-corrected chi connectivity index (χ2v) is 6.10. The molecule has 0 aromatic rings. The molecule has 18 heavy (non-hydrogen) atoms. The van der Waals surface area contributed by atoms with Crippen LogP contribution in [0.5, 0.6) is 0 Å². The lowest BCUT2D eigenvalue weighted by Crippen LogP contribution is -2.54. The Morgan fingerprint density at radius 1 is 1.61 bits per heavy atom. The molecule has 1 amide bonds. The number of likely N-dealkylation sites (tertiary alicyclic amines) is 1. The van der Waals surface area contributed by atoms with E-state index >= 15 is 0 Å². The number of nitrogens with zero attached hydrogens (tertiary/aromatic N) is 1. The van der Waals surface area contributed by atoms with Gasteiger partial charge in [0.2, 0.25) is 5.91 Å². The van der Waals surface area contributed by atoms with Gasteiger partial charge in [0.1, 0.15) is 0 Å². The van der Waals surface area contributed by atoms with Crippen LogP contribution >= 0.6 is 12.2 Å². The number of nitrogens with two attached hydrogens (primary N) is 1. The summed E-state index contributed by atoms with van der Waals surface area (Å²) in [6, 6.07) is 0.230. The van der Waals surface area contributed by atoms with Gasteiger partial charge in [-0.2, -0.15) is 0 Å². The Labute approximate surface area is 115 Å². The van der Waals surface area contributed by atoms with Crippen LogP contribution in [0.1, 0.15) is 33.6 Å². The predicted molar refractivity (Wildman–Crippen MR) is 78.4 cm³/mol. The summed E-state index contributed by atoms with van der Waals surface area (Å²) in [5, 5.41) is 3.13. The molecule has 1 heterocycles. The van der Waals surface area contributed by atoms with Crippen LogP contribution in [0.3, 0.4) is 0 Å². The molecule has 0 bridgehead atoms. The Bertz CT molecular complexity index is 334. The minimum atomic E-state index is -0.724. The SMILES string of the molecule is CCC(C)(C(=O)NC1CCN(C)CC1C)C(N)=S. The Morgan fingerprint density at radius 2 is 2.22 bits per heavy atom. The number of carbonyl (C=O) groups is 1. The minimum Gasteiger partial charge on any atom is -0.392 e.